The molecule has 1 heterocycles. The number of rotatable bonds is 5. The molecule has 0 aliphatic carbocycles. The third kappa shape index (κ3) is 3.21. The van der Waals surface area contributed by atoms with E-state index >= 15 is 0 Å². The van der Waals surface area contributed by atoms with Crippen molar-refractivity contribution in [1.29, 1.82) is 0 Å². The molecule has 1 aromatic heterocycles. The molecule has 3 rings (SSSR count). The lowest BCUT2D eigenvalue weighted by Crippen LogP contribution is -1.95. The van der Waals surface area contributed by atoms with Gasteiger partial charge in [-0.1, -0.05) is 18.2 Å². The van der Waals surface area contributed by atoms with E-state index in [4.69, 9.17) is 20.2 Å². The van der Waals surface area contributed by atoms with E-state index in [0.717, 1.165) is 38.9 Å². The number of aromatic nitrogens is 1. The van der Waals surface area contributed by atoms with Crippen LogP contribution < -0.4 is 15.2 Å². The minimum Gasteiger partial charge on any atom is -0.497 e. The molecule has 0 aliphatic heterocycles. The zero-order chi connectivity index (χ0) is 16.2. The van der Waals surface area contributed by atoms with Gasteiger partial charge in [0.25, 0.3) is 0 Å². The van der Waals surface area contributed by atoms with Crippen LogP contribution in [0, 0.1) is 0 Å². The minimum atomic E-state index is 0.524. The van der Waals surface area contributed by atoms with E-state index in [-0.39, 0.29) is 0 Å². The molecule has 0 aliphatic rings. The molecule has 0 bridgehead atoms. The van der Waals surface area contributed by atoms with E-state index in [2.05, 4.69) is 6.07 Å². The summed E-state index contributed by atoms with van der Waals surface area (Å²) in [5.74, 6) is 1.55. The second kappa shape index (κ2) is 6.81. The number of thiazole rings is 1. The van der Waals surface area contributed by atoms with Gasteiger partial charge in [0.1, 0.15) is 16.5 Å². The summed E-state index contributed by atoms with van der Waals surface area (Å²) in [6, 6.07) is 13.8. The second-order valence-electron chi connectivity index (χ2n) is 5.01. The number of hydrogen-bond acceptors (Lipinski definition) is 5. The maximum atomic E-state index is 5.72. The Morgan fingerprint density at radius 3 is 2.70 bits per heavy atom. The predicted octanol–water partition coefficient (Wildman–Crippen LogP) is 3.95. The molecule has 0 atom stereocenters. The number of hydrogen-bond donors (Lipinski definition) is 1. The van der Waals surface area contributed by atoms with Gasteiger partial charge in [-0.2, -0.15) is 0 Å². The molecule has 0 amide bonds. The Morgan fingerprint density at radius 2 is 1.96 bits per heavy atom. The van der Waals surface area contributed by atoms with E-state index in [1.807, 2.05) is 41.8 Å². The molecular formula is C18H18N2O2S. The summed E-state index contributed by atoms with van der Waals surface area (Å²) in [4.78, 5) is 4.75. The third-order valence-electron chi connectivity index (χ3n) is 3.60. The van der Waals surface area contributed by atoms with E-state index in [0.29, 0.717) is 6.54 Å². The van der Waals surface area contributed by atoms with Crippen LogP contribution in [0.1, 0.15) is 5.56 Å². The molecule has 0 unspecified atom stereocenters. The summed E-state index contributed by atoms with van der Waals surface area (Å²) in [6.45, 7) is 0.524. The Bertz CT molecular complexity index is 814. The lowest BCUT2D eigenvalue weighted by molar-refractivity contribution is 0.404. The van der Waals surface area contributed by atoms with Crippen LogP contribution in [-0.2, 0) is 6.54 Å². The van der Waals surface area contributed by atoms with Gasteiger partial charge in [-0.25, -0.2) is 4.98 Å². The van der Waals surface area contributed by atoms with Crippen molar-refractivity contribution in [3.05, 3.63) is 53.4 Å². The van der Waals surface area contributed by atoms with Crippen molar-refractivity contribution in [3.63, 3.8) is 0 Å². The number of methoxy groups -OCH3 is 2. The molecule has 3 aromatic rings. The monoisotopic (exact) mass is 326 g/mol. The second-order valence-corrected chi connectivity index (χ2v) is 5.87. The van der Waals surface area contributed by atoms with Gasteiger partial charge in [-0.3, -0.25) is 0 Å². The summed E-state index contributed by atoms with van der Waals surface area (Å²) in [5.41, 5.74) is 9.68. The quantitative estimate of drug-likeness (QED) is 0.771. The average Bonchev–Trinajstić information content (AvgIpc) is 3.11. The summed E-state index contributed by atoms with van der Waals surface area (Å²) in [7, 11) is 3.31. The number of benzene rings is 2. The fraction of sp³-hybridized carbons (Fsp3) is 0.167. The predicted molar refractivity (Wildman–Crippen MR) is 94.0 cm³/mol. The maximum absolute atomic E-state index is 5.72. The van der Waals surface area contributed by atoms with Crippen LogP contribution in [0.25, 0.3) is 21.8 Å². The van der Waals surface area contributed by atoms with Crippen molar-refractivity contribution in [2.45, 2.75) is 6.54 Å². The van der Waals surface area contributed by atoms with Gasteiger partial charge in [0.15, 0.2) is 0 Å². The van der Waals surface area contributed by atoms with Crippen LogP contribution in [-0.4, -0.2) is 19.2 Å². The summed E-state index contributed by atoms with van der Waals surface area (Å²) in [6.07, 6.45) is 0. The molecule has 4 nitrogen and oxygen atoms in total. The Hall–Kier alpha value is -2.37. The molecule has 0 spiro atoms. The summed E-state index contributed by atoms with van der Waals surface area (Å²) in [5, 5.41) is 2.99. The molecule has 0 saturated heterocycles. The van der Waals surface area contributed by atoms with E-state index < -0.39 is 0 Å². The average molecular weight is 326 g/mol. The molecule has 2 aromatic carbocycles. The van der Waals surface area contributed by atoms with Crippen LogP contribution in [0.15, 0.2) is 47.8 Å². The number of ether oxygens (including phenoxy) is 2. The van der Waals surface area contributed by atoms with Crippen LogP contribution in [0.2, 0.25) is 0 Å². The molecule has 0 radical (unpaired) electrons. The first-order valence-corrected chi connectivity index (χ1v) is 8.10. The largest absolute Gasteiger partial charge is 0.497 e. The highest BCUT2D eigenvalue weighted by Crippen LogP contribution is 2.36. The smallest absolute Gasteiger partial charge is 0.128 e. The molecule has 0 fully saturated rings. The van der Waals surface area contributed by atoms with Gasteiger partial charge in [-0.05, 0) is 29.8 Å². The van der Waals surface area contributed by atoms with Crippen molar-refractivity contribution in [2.75, 3.05) is 14.2 Å². The topological polar surface area (TPSA) is 57.4 Å². The first kappa shape index (κ1) is 15.5. The van der Waals surface area contributed by atoms with Crippen molar-refractivity contribution in [1.82, 2.24) is 4.98 Å². The van der Waals surface area contributed by atoms with Gasteiger partial charge in [0.2, 0.25) is 0 Å². The zero-order valence-electron chi connectivity index (χ0n) is 13.1. The Morgan fingerprint density at radius 1 is 1.09 bits per heavy atom. The van der Waals surface area contributed by atoms with Gasteiger partial charge in [0.05, 0.1) is 19.9 Å². The normalized spacial score (nSPS) is 10.6. The van der Waals surface area contributed by atoms with Crippen LogP contribution >= 0.6 is 11.3 Å². The molecule has 23 heavy (non-hydrogen) atoms. The van der Waals surface area contributed by atoms with Crippen LogP contribution in [0.3, 0.4) is 0 Å². The van der Waals surface area contributed by atoms with Crippen molar-refractivity contribution < 1.29 is 9.47 Å². The highest BCUT2D eigenvalue weighted by molar-refractivity contribution is 7.13. The van der Waals surface area contributed by atoms with Crippen molar-refractivity contribution >= 4 is 11.3 Å². The molecule has 5 heteroatoms. The third-order valence-corrected chi connectivity index (χ3v) is 4.49. The molecule has 0 saturated carbocycles. The fourth-order valence-corrected chi connectivity index (χ4v) is 3.19. The Labute approximate surface area is 139 Å². The van der Waals surface area contributed by atoms with Gasteiger partial charge in [-0.15, -0.1) is 11.3 Å². The SMILES string of the molecule is COc1ccc(OC)c(-c2csc(-c3cccc(CN)c3)n2)c1. The van der Waals surface area contributed by atoms with Gasteiger partial charge >= 0.3 is 0 Å². The lowest BCUT2D eigenvalue weighted by Gasteiger charge is -2.08. The minimum absolute atomic E-state index is 0.524. The van der Waals surface area contributed by atoms with E-state index in [1.54, 1.807) is 25.6 Å². The van der Waals surface area contributed by atoms with Gasteiger partial charge < -0.3 is 15.2 Å². The first-order chi connectivity index (χ1) is 11.2. The van der Waals surface area contributed by atoms with Crippen molar-refractivity contribution in [2.24, 2.45) is 5.73 Å². The summed E-state index contributed by atoms with van der Waals surface area (Å²) < 4.78 is 10.7. The van der Waals surface area contributed by atoms with E-state index in [9.17, 15) is 0 Å². The maximum Gasteiger partial charge on any atom is 0.128 e. The first-order valence-electron chi connectivity index (χ1n) is 7.22. The van der Waals surface area contributed by atoms with Crippen molar-refractivity contribution in [3.8, 4) is 33.3 Å². The summed E-state index contributed by atoms with van der Waals surface area (Å²) >= 11 is 1.60. The van der Waals surface area contributed by atoms with E-state index in [1.165, 1.54) is 0 Å². The lowest BCUT2D eigenvalue weighted by atomic mass is 10.1. The standard InChI is InChI=1S/C18H18N2O2S/c1-21-14-6-7-17(22-2)15(9-14)16-11-23-18(20-16)13-5-3-4-12(8-13)10-19/h3-9,11H,10,19H2,1-2H3. The van der Waals surface area contributed by atoms with Crippen LogP contribution in [0.5, 0.6) is 11.5 Å². The highest BCUT2D eigenvalue weighted by atomic mass is 32.1. The number of nitrogens with zero attached hydrogens (tertiary/aromatic N) is 1. The Kier molecular flexibility index (Phi) is 4.60. The molecule has 2 N–H and O–H groups in total. The van der Waals surface area contributed by atoms with Crippen LogP contribution in [0.4, 0.5) is 0 Å². The number of nitrogens with two attached hydrogens (primary N) is 1. The molecular weight excluding hydrogens is 308 g/mol. The Balaban J connectivity index is 2.01. The zero-order valence-corrected chi connectivity index (χ0v) is 13.9. The van der Waals surface area contributed by atoms with Gasteiger partial charge in [0, 0.05) is 23.1 Å². The molecule has 118 valence electrons. The fourth-order valence-electron chi connectivity index (χ4n) is 2.38. The highest BCUT2D eigenvalue weighted by Gasteiger charge is 2.12.